The van der Waals surface area contributed by atoms with Crippen molar-refractivity contribution in [2.45, 2.75) is 57.2 Å². The maximum atomic E-state index is 12.8. The molecule has 0 spiro atoms. The van der Waals surface area contributed by atoms with Crippen LogP contribution < -0.4 is 5.43 Å². The minimum absolute atomic E-state index is 0.00311. The Balaban J connectivity index is 1.38. The Morgan fingerprint density at radius 2 is 1.74 bits per heavy atom. The largest absolute Gasteiger partial charge is 0.291 e. The minimum atomic E-state index is -0.00311. The van der Waals surface area contributed by atoms with Crippen LogP contribution in [0.25, 0.3) is 0 Å². The number of piperidine rings is 1. The zero-order chi connectivity index (χ0) is 23.5. The normalized spacial score (nSPS) is 24.6. The topological polar surface area (TPSA) is 38.8 Å². The van der Waals surface area contributed by atoms with Gasteiger partial charge >= 0.3 is 0 Å². The van der Waals surface area contributed by atoms with Gasteiger partial charge in [-0.3, -0.25) is 20.0 Å². The Morgan fingerprint density at radius 1 is 1.03 bits per heavy atom. The van der Waals surface area contributed by atoms with Gasteiger partial charge in [0.2, 0.25) is 0 Å². The molecule has 34 heavy (non-hydrogen) atoms. The summed E-state index contributed by atoms with van der Waals surface area (Å²) >= 11 is 0. The summed E-state index contributed by atoms with van der Waals surface area (Å²) in [5.74, 6) is -0.00311. The number of hydrazine groups is 1. The average Bonchev–Trinajstić information content (AvgIpc) is 3.08. The number of nitrogens with one attached hydrogen (secondary N) is 1. The molecule has 5 rings (SSSR count). The van der Waals surface area contributed by atoms with Gasteiger partial charge in [0.25, 0.3) is 5.91 Å². The second kappa shape index (κ2) is 10.4. The highest BCUT2D eigenvalue weighted by Crippen LogP contribution is 2.37. The van der Waals surface area contributed by atoms with Crippen LogP contribution >= 0.6 is 0 Å². The minimum Gasteiger partial charge on any atom is -0.291 e. The third-order valence-electron chi connectivity index (χ3n) is 7.83. The second-order valence-corrected chi connectivity index (χ2v) is 10.3. The molecular formula is C29H38N4O. The Bertz CT molecular complexity index is 983. The van der Waals surface area contributed by atoms with Gasteiger partial charge in [0.15, 0.2) is 0 Å². The lowest BCUT2D eigenvalue weighted by molar-refractivity contribution is 0.0583. The van der Waals surface area contributed by atoms with Crippen LogP contribution in [0.3, 0.4) is 0 Å². The first-order chi connectivity index (χ1) is 16.6. The number of benzene rings is 2. The number of likely N-dealkylation sites (tertiary alicyclic amines) is 1. The molecular weight excluding hydrogens is 420 g/mol. The summed E-state index contributed by atoms with van der Waals surface area (Å²) in [4.78, 5) is 18.1. The van der Waals surface area contributed by atoms with E-state index in [1.807, 2.05) is 18.2 Å². The van der Waals surface area contributed by atoms with E-state index in [-0.39, 0.29) is 11.9 Å². The number of hydrogen-bond donors (Lipinski definition) is 1. The molecule has 5 heteroatoms. The lowest BCUT2D eigenvalue weighted by Crippen LogP contribution is -2.54. The number of carbonyl (C=O) groups excluding carboxylic acids is 1. The van der Waals surface area contributed by atoms with Gasteiger partial charge < -0.3 is 0 Å². The molecule has 180 valence electrons. The smallest absolute Gasteiger partial charge is 0.265 e. The molecule has 3 aliphatic heterocycles. The highest BCUT2D eigenvalue weighted by molar-refractivity contribution is 5.93. The zero-order valence-electron chi connectivity index (χ0n) is 20.5. The Hall–Kier alpha value is -2.47. The van der Waals surface area contributed by atoms with Crippen molar-refractivity contribution in [2.75, 3.05) is 32.7 Å². The standard InChI is InChI=1S/C29H38N4O/c1-3-16-33-26-14-15-27(33)21-31(20-26)28(25-9-7-8-22(2)19-25)23-10-12-24(13-11-23)29(34)30-32-17-5-4-6-18-32/h3,7-13,19,26-28H,1,4-6,14-18,20-21H2,2H3,(H,30,34). The summed E-state index contributed by atoms with van der Waals surface area (Å²) in [5.41, 5.74) is 7.70. The van der Waals surface area contributed by atoms with E-state index >= 15 is 0 Å². The molecule has 0 radical (unpaired) electrons. The Labute approximate surface area is 204 Å². The van der Waals surface area contributed by atoms with Gasteiger partial charge in [0, 0.05) is 50.4 Å². The molecule has 2 aromatic carbocycles. The van der Waals surface area contributed by atoms with Gasteiger partial charge in [0.05, 0.1) is 6.04 Å². The van der Waals surface area contributed by atoms with Crippen LogP contribution in [0.2, 0.25) is 0 Å². The van der Waals surface area contributed by atoms with E-state index in [1.54, 1.807) is 0 Å². The SMILES string of the molecule is C=CCN1C2CCC1CN(C(c1ccc(C(=O)NN3CCCCC3)cc1)c1cccc(C)c1)C2. The number of aryl methyl sites for hydroxylation is 1. The summed E-state index contributed by atoms with van der Waals surface area (Å²) in [7, 11) is 0. The lowest BCUT2D eigenvalue weighted by Gasteiger charge is -2.44. The quantitative estimate of drug-likeness (QED) is 0.618. The highest BCUT2D eigenvalue weighted by atomic mass is 16.2. The van der Waals surface area contributed by atoms with Gasteiger partial charge in [-0.15, -0.1) is 6.58 Å². The molecule has 1 amide bonds. The Kier molecular flexibility index (Phi) is 7.14. The van der Waals surface area contributed by atoms with Crippen LogP contribution in [0.15, 0.2) is 61.2 Å². The first-order valence-electron chi connectivity index (χ1n) is 13.0. The first-order valence-corrected chi connectivity index (χ1v) is 13.0. The van der Waals surface area contributed by atoms with Crippen LogP contribution in [0.1, 0.15) is 65.2 Å². The zero-order valence-corrected chi connectivity index (χ0v) is 20.5. The van der Waals surface area contributed by atoms with E-state index in [4.69, 9.17) is 0 Å². The number of carbonyl (C=O) groups is 1. The number of fused-ring (bicyclic) bond motifs is 2. The van der Waals surface area contributed by atoms with Crippen molar-refractivity contribution in [2.24, 2.45) is 0 Å². The van der Waals surface area contributed by atoms with Crippen LogP contribution in [-0.4, -0.2) is 65.5 Å². The van der Waals surface area contributed by atoms with E-state index in [9.17, 15) is 4.79 Å². The molecule has 1 N–H and O–H groups in total. The first kappa shape index (κ1) is 23.3. The van der Waals surface area contributed by atoms with Crippen molar-refractivity contribution >= 4 is 5.91 Å². The maximum absolute atomic E-state index is 12.8. The Morgan fingerprint density at radius 3 is 2.38 bits per heavy atom. The second-order valence-electron chi connectivity index (χ2n) is 10.3. The van der Waals surface area contributed by atoms with Crippen LogP contribution in [0.5, 0.6) is 0 Å². The molecule has 2 aromatic rings. The molecule has 3 atom stereocenters. The van der Waals surface area contributed by atoms with E-state index in [2.05, 4.69) is 70.1 Å². The van der Waals surface area contributed by atoms with Crippen molar-refractivity contribution in [3.05, 3.63) is 83.4 Å². The molecule has 0 aromatic heterocycles. The maximum Gasteiger partial charge on any atom is 0.265 e. The molecule has 0 aliphatic carbocycles. The highest BCUT2D eigenvalue weighted by Gasteiger charge is 2.41. The van der Waals surface area contributed by atoms with E-state index < -0.39 is 0 Å². The molecule has 3 heterocycles. The van der Waals surface area contributed by atoms with Crippen molar-refractivity contribution in [3.8, 4) is 0 Å². The van der Waals surface area contributed by atoms with Crippen molar-refractivity contribution in [1.29, 1.82) is 0 Å². The van der Waals surface area contributed by atoms with Crippen molar-refractivity contribution in [3.63, 3.8) is 0 Å². The molecule has 5 nitrogen and oxygen atoms in total. The predicted octanol–water partition coefficient (Wildman–Crippen LogP) is 4.55. The number of piperazine rings is 1. The van der Waals surface area contributed by atoms with E-state index in [1.165, 1.54) is 36.0 Å². The van der Waals surface area contributed by atoms with Crippen molar-refractivity contribution < 1.29 is 4.79 Å². The number of rotatable bonds is 7. The summed E-state index contributed by atoms with van der Waals surface area (Å²) in [6, 6.07) is 18.6. The number of hydrogen-bond acceptors (Lipinski definition) is 4. The van der Waals surface area contributed by atoms with Crippen LogP contribution in [-0.2, 0) is 0 Å². The molecule has 3 aliphatic rings. The summed E-state index contributed by atoms with van der Waals surface area (Å²) < 4.78 is 0. The average molecular weight is 459 g/mol. The summed E-state index contributed by atoms with van der Waals surface area (Å²) in [5, 5.41) is 2.06. The third kappa shape index (κ3) is 4.97. The molecule has 3 unspecified atom stereocenters. The third-order valence-corrected chi connectivity index (χ3v) is 7.83. The molecule has 3 saturated heterocycles. The van der Waals surface area contributed by atoms with E-state index in [0.29, 0.717) is 12.1 Å². The van der Waals surface area contributed by atoms with Gasteiger partial charge in [-0.25, -0.2) is 5.01 Å². The van der Waals surface area contributed by atoms with Gasteiger partial charge in [-0.2, -0.15) is 0 Å². The van der Waals surface area contributed by atoms with Crippen LogP contribution in [0, 0.1) is 6.92 Å². The fourth-order valence-corrected chi connectivity index (χ4v) is 6.17. The molecule has 3 fully saturated rings. The predicted molar refractivity (Wildman–Crippen MR) is 138 cm³/mol. The van der Waals surface area contributed by atoms with Gasteiger partial charge in [-0.1, -0.05) is 54.5 Å². The van der Waals surface area contributed by atoms with Crippen LogP contribution in [0.4, 0.5) is 0 Å². The summed E-state index contributed by atoms with van der Waals surface area (Å²) in [6.45, 7) is 11.2. The fourth-order valence-electron chi connectivity index (χ4n) is 6.17. The van der Waals surface area contributed by atoms with Crippen molar-refractivity contribution in [1.82, 2.24) is 20.2 Å². The van der Waals surface area contributed by atoms with E-state index in [0.717, 1.165) is 51.1 Å². The summed E-state index contributed by atoms with van der Waals surface area (Å²) in [6.07, 6.45) is 8.15. The van der Waals surface area contributed by atoms with Gasteiger partial charge in [-0.05, 0) is 55.9 Å². The number of nitrogens with zero attached hydrogens (tertiary/aromatic N) is 3. The molecule has 0 saturated carbocycles. The lowest BCUT2D eigenvalue weighted by atomic mass is 9.93. The monoisotopic (exact) mass is 458 g/mol. The van der Waals surface area contributed by atoms with Gasteiger partial charge in [0.1, 0.15) is 0 Å². The fraction of sp³-hybridized carbons (Fsp3) is 0.483. The number of amides is 1. The molecule has 2 bridgehead atoms.